The van der Waals surface area contributed by atoms with E-state index in [1.54, 1.807) is 0 Å². The van der Waals surface area contributed by atoms with Gasteiger partial charge in [-0.25, -0.2) is 0 Å². The SMILES string of the molecule is CCCNCC1CCCN1Cc1ccn(C(CC)CC)n1. The van der Waals surface area contributed by atoms with Crippen LogP contribution in [0, 0.1) is 0 Å². The average Bonchev–Trinajstić information content (AvgIpc) is 3.12. The molecule has 2 rings (SSSR count). The number of hydrogen-bond donors (Lipinski definition) is 1. The Kier molecular flexibility index (Phi) is 6.71. The average molecular weight is 292 g/mol. The van der Waals surface area contributed by atoms with Crippen molar-refractivity contribution < 1.29 is 0 Å². The summed E-state index contributed by atoms with van der Waals surface area (Å²) in [4.78, 5) is 2.60. The highest BCUT2D eigenvalue weighted by Crippen LogP contribution is 2.20. The van der Waals surface area contributed by atoms with Crippen LogP contribution in [0.1, 0.15) is 64.6 Å². The summed E-state index contributed by atoms with van der Waals surface area (Å²) < 4.78 is 2.16. The molecule has 0 amide bonds. The first-order valence-electron chi connectivity index (χ1n) is 8.77. The first-order valence-corrected chi connectivity index (χ1v) is 8.77. The molecule has 1 atom stereocenters. The molecule has 0 radical (unpaired) electrons. The van der Waals surface area contributed by atoms with Crippen molar-refractivity contribution >= 4 is 0 Å². The van der Waals surface area contributed by atoms with E-state index in [4.69, 9.17) is 5.10 Å². The zero-order chi connectivity index (χ0) is 15.1. The fourth-order valence-corrected chi connectivity index (χ4v) is 3.32. The number of nitrogens with zero attached hydrogens (tertiary/aromatic N) is 3. The highest BCUT2D eigenvalue weighted by molar-refractivity contribution is 5.01. The van der Waals surface area contributed by atoms with Crippen molar-refractivity contribution in [3.63, 3.8) is 0 Å². The van der Waals surface area contributed by atoms with Gasteiger partial charge in [-0.2, -0.15) is 5.10 Å². The number of nitrogens with one attached hydrogen (secondary N) is 1. The minimum absolute atomic E-state index is 0.555. The van der Waals surface area contributed by atoms with Gasteiger partial charge in [-0.3, -0.25) is 9.58 Å². The molecule has 1 aromatic heterocycles. The lowest BCUT2D eigenvalue weighted by atomic mass is 10.2. The topological polar surface area (TPSA) is 33.1 Å². The van der Waals surface area contributed by atoms with E-state index >= 15 is 0 Å². The maximum atomic E-state index is 4.80. The van der Waals surface area contributed by atoms with Crippen LogP contribution in [-0.4, -0.2) is 40.4 Å². The zero-order valence-corrected chi connectivity index (χ0v) is 14.0. The molecule has 4 nitrogen and oxygen atoms in total. The van der Waals surface area contributed by atoms with E-state index < -0.39 is 0 Å². The third kappa shape index (κ3) is 4.55. The van der Waals surface area contributed by atoms with Crippen molar-refractivity contribution in [1.82, 2.24) is 20.0 Å². The van der Waals surface area contributed by atoms with Crippen molar-refractivity contribution in [2.75, 3.05) is 19.6 Å². The minimum atomic E-state index is 0.555. The van der Waals surface area contributed by atoms with Gasteiger partial charge in [0.25, 0.3) is 0 Å². The predicted octanol–water partition coefficient (Wildman–Crippen LogP) is 3.21. The summed E-state index contributed by atoms with van der Waals surface area (Å²) in [5, 5.41) is 8.37. The van der Waals surface area contributed by atoms with Crippen LogP contribution in [0.4, 0.5) is 0 Å². The van der Waals surface area contributed by atoms with E-state index in [1.165, 1.54) is 31.5 Å². The molecule has 0 aliphatic carbocycles. The molecule has 0 spiro atoms. The maximum absolute atomic E-state index is 4.80. The number of likely N-dealkylation sites (tertiary alicyclic amines) is 1. The van der Waals surface area contributed by atoms with Gasteiger partial charge in [-0.1, -0.05) is 20.8 Å². The van der Waals surface area contributed by atoms with Crippen LogP contribution in [0.3, 0.4) is 0 Å². The Bertz CT molecular complexity index is 397. The standard InChI is InChI=1S/C17H32N4/c1-4-10-18-13-17-8-7-11-20(17)14-15-9-12-21(19-15)16(5-2)6-3/h9,12,16-18H,4-8,10-11,13-14H2,1-3H3. The molecule has 1 aliphatic rings. The summed E-state index contributed by atoms with van der Waals surface area (Å²) in [6, 6.07) is 3.45. The molecule has 4 heteroatoms. The van der Waals surface area contributed by atoms with Crippen molar-refractivity contribution in [2.24, 2.45) is 0 Å². The van der Waals surface area contributed by atoms with E-state index in [9.17, 15) is 0 Å². The summed E-state index contributed by atoms with van der Waals surface area (Å²) >= 11 is 0. The van der Waals surface area contributed by atoms with Gasteiger partial charge >= 0.3 is 0 Å². The second-order valence-electron chi connectivity index (χ2n) is 6.23. The first kappa shape index (κ1) is 16.5. The fraction of sp³-hybridized carbons (Fsp3) is 0.824. The van der Waals surface area contributed by atoms with E-state index in [0.717, 1.165) is 32.5 Å². The summed E-state index contributed by atoms with van der Waals surface area (Å²) in [6.07, 6.45) is 8.34. The van der Waals surface area contributed by atoms with Crippen LogP contribution >= 0.6 is 0 Å². The summed E-state index contributed by atoms with van der Waals surface area (Å²) in [5.41, 5.74) is 1.23. The minimum Gasteiger partial charge on any atom is -0.315 e. The molecule has 2 heterocycles. The van der Waals surface area contributed by atoms with E-state index in [0.29, 0.717) is 12.1 Å². The Morgan fingerprint density at radius 2 is 2.14 bits per heavy atom. The van der Waals surface area contributed by atoms with E-state index in [-0.39, 0.29) is 0 Å². The van der Waals surface area contributed by atoms with Crippen LogP contribution in [0.5, 0.6) is 0 Å². The molecule has 120 valence electrons. The third-order valence-corrected chi connectivity index (χ3v) is 4.65. The lowest BCUT2D eigenvalue weighted by molar-refractivity contribution is 0.235. The molecular weight excluding hydrogens is 260 g/mol. The fourth-order valence-electron chi connectivity index (χ4n) is 3.32. The van der Waals surface area contributed by atoms with Gasteiger partial charge in [0.05, 0.1) is 11.7 Å². The number of aromatic nitrogens is 2. The zero-order valence-electron chi connectivity index (χ0n) is 14.0. The monoisotopic (exact) mass is 292 g/mol. The summed E-state index contributed by atoms with van der Waals surface area (Å²) in [5.74, 6) is 0. The van der Waals surface area contributed by atoms with Crippen LogP contribution in [-0.2, 0) is 6.54 Å². The van der Waals surface area contributed by atoms with Gasteiger partial charge in [-0.15, -0.1) is 0 Å². The largest absolute Gasteiger partial charge is 0.315 e. The Morgan fingerprint density at radius 1 is 1.33 bits per heavy atom. The quantitative estimate of drug-likeness (QED) is 0.710. The summed E-state index contributed by atoms with van der Waals surface area (Å²) in [6.45, 7) is 11.2. The first-order chi connectivity index (χ1) is 10.3. The maximum Gasteiger partial charge on any atom is 0.0765 e. The molecule has 1 saturated heterocycles. The van der Waals surface area contributed by atoms with Gasteiger partial charge < -0.3 is 5.32 Å². The third-order valence-electron chi connectivity index (χ3n) is 4.65. The molecule has 0 bridgehead atoms. The molecule has 1 aromatic rings. The molecule has 0 saturated carbocycles. The highest BCUT2D eigenvalue weighted by Gasteiger charge is 2.24. The van der Waals surface area contributed by atoms with Crippen molar-refractivity contribution in [1.29, 1.82) is 0 Å². The molecular formula is C17H32N4. The van der Waals surface area contributed by atoms with Gasteiger partial charge in [0.2, 0.25) is 0 Å². The lowest BCUT2D eigenvalue weighted by Gasteiger charge is -2.24. The molecule has 1 N–H and O–H groups in total. The van der Waals surface area contributed by atoms with Crippen LogP contribution in [0.15, 0.2) is 12.3 Å². The molecule has 1 fully saturated rings. The van der Waals surface area contributed by atoms with E-state index in [1.807, 2.05) is 0 Å². The smallest absolute Gasteiger partial charge is 0.0765 e. The lowest BCUT2D eigenvalue weighted by Crippen LogP contribution is -2.37. The molecule has 21 heavy (non-hydrogen) atoms. The van der Waals surface area contributed by atoms with Crippen LogP contribution in [0.2, 0.25) is 0 Å². The highest BCUT2D eigenvalue weighted by atomic mass is 15.3. The number of rotatable bonds is 9. The normalized spacial score (nSPS) is 19.7. The van der Waals surface area contributed by atoms with Crippen molar-refractivity contribution in [3.05, 3.63) is 18.0 Å². The molecule has 1 unspecified atom stereocenters. The number of hydrogen-bond acceptors (Lipinski definition) is 3. The summed E-state index contributed by atoms with van der Waals surface area (Å²) in [7, 11) is 0. The van der Waals surface area contributed by atoms with E-state index in [2.05, 4.69) is 47.9 Å². The van der Waals surface area contributed by atoms with Crippen molar-refractivity contribution in [3.8, 4) is 0 Å². The van der Waals surface area contributed by atoms with Gasteiger partial charge in [-0.05, 0) is 51.3 Å². The Hall–Kier alpha value is -0.870. The van der Waals surface area contributed by atoms with Gasteiger partial charge in [0.1, 0.15) is 0 Å². The molecule has 0 aromatic carbocycles. The Morgan fingerprint density at radius 3 is 2.86 bits per heavy atom. The Labute approximate surface area is 129 Å². The predicted molar refractivity (Wildman–Crippen MR) is 88.4 cm³/mol. The second kappa shape index (κ2) is 8.54. The van der Waals surface area contributed by atoms with Gasteiger partial charge in [0.15, 0.2) is 0 Å². The van der Waals surface area contributed by atoms with Crippen molar-refractivity contribution in [2.45, 2.75) is 71.5 Å². The Balaban J connectivity index is 1.88. The van der Waals surface area contributed by atoms with Crippen LogP contribution < -0.4 is 5.32 Å². The second-order valence-corrected chi connectivity index (χ2v) is 6.23. The van der Waals surface area contributed by atoms with Crippen LogP contribution in [0.25, 0.3) is 0 Å². The van der Waals surface area contributed by atoms with Gasteiger partial charge in [0, 0.05) is 25.3 Å². The molecule has 1 aliphatic heterocycles.